The van der Waals surface area contributed by atoms with E-state index in [4.69, 9.17) is 9.88 Å². The lowest BCUT2D eigenvalue weighted by atomic mass is 9.99. The van der Waals surface area contributed by atoms with Gasteiger partial charge in [-0.1, -0.05) is 18.2 Å². The van der Waals surface area contributed by atoms with E-state index in [1.54, 1.807) is 7.11 Å². The van der Waals surface area contributed by atoms with E-state index in [9.17, 15) is 4.21 Å². The first-order valence-electron chi connectivity index (χ1n) is 11.1. The molecule has 0 fully saturated rings. The zero-order chi connectivity index (χ0) is 22.2. The van der Waals surface area contributed by atoms with Crippen molar-refractivity contribution in [3.63, 3.8) is 0 Å². The summed E-state index contributed by atoms with van der Waals surface area (Å²) in [6.07, 6.45) is 5.94. The molecule has 2 aliphatic carbocycles. The number of hydrogen-bond acceptors (Lipinski definition) is 5. The van der Waals surface area contributed by atoms with Crippen LogP contribution in [-0.2, 0) is 40.3 Å². The molecule has 2 aromatic carbocycles. The molecule has 0 spiro atoms. The summed E-state index contributed by atoms with van der Waals surface area (Å²) < 4.78 is 23.3. The van der Waals surface area contributed by atoms with Crippen LogP contribution in [0.2, 0.25) is 0 Å². The number of fused-ring (bicyclic) bond motifs is 2. The summed E-state index contributed by atoms with van der Waals surface area (Å²) in [6, 6.07) is 10.2. The maximum Gasteiger partial charge on any atom is 0.235 e. The largest absolute Gasteiger partial charge is 0.342 e. The van der Waals surface area contributed by atoms with Gasteiger partial charge in [-0.05, 0) is 99.5 Å². The molecule has 0 bridgehead atoms. The summed E-state index contributed by atoms with van der Waals surface area (Å²) in [4.78, 5) is 2.63. The lowest BCUT2D eigenvalue weighted by Gasteiger charge is -2.22. The van der Waals surface area contributed by atoms with E-state index in [0.29, 0.717) is 4.90 Å². The minimum atomic E-state index is -3.11. The third-order valence-electron chi connectivity index (χ3n) is 6.69. The summed E-state index contributed by atoms with van der Waals surface area (Å²) >= 11 is 0. The highest BCUT2D eigenvalue weighted by Gasteiger charge is 2.25. The quantitative estimate of drug-likeness (QED) is 0.635. The Morgan fingerprint density at radius 2 is 1.65 bits per heavy atom. The standard InChI is InChI=1S/C24H34N4O2S/c1-16(28(2)3)17-11-13-20(14-12-17)31(25,29)27-24(30-4)26-23-21-9-5-7-18(21)15-19-8-6-10-22(19)23/h11-16,24,26H,5-10H2,1-4H3,(H2,25,27,29). The molecule has 0 radical (unpaired) electrons. The lowest BCUT2D eigenvalue weighted by Crippen LogP contribution is -2.25. The number of nitrogens with zero attached hydrogens (tertiary/aromatic N) is 2. The van der Waals surface area contributed by atoms with Gasteiger partial charge < -0.3 is 15.0 Å². The van der Waals surface area contributed by atoms with Gasteiger partial charge in [0, 0.05) is 18.8 Å². The summed E-state index contributed by atoms with van der Waals surface area (Å²) in [5, 5.41) is 9.66. The van der Waals surface area contributed by atoms with Crippen LogP contribution in [0.25, 0.3) is 0 Å². The van der Waals surface area contributed by atoms with E-state index in [0.717, 1.165) is 36.9 Å². The van der Waals surface area contributed by atoms with Crippen LogP contribution in [0.4, 0.5) is 5.69 Å². The number of ether oxygens (including phenoxy) is 1. The molecule has 3 unspecified atom stereocenters. The lowest BCUT2D eigenvalue weighted by molar-refractivity contribution is 0.134. The molecule has 168 valence electrons. The fourth-order valence-corrected chi connectivity index (χ4v) is 5.76. The zero-order valence-electron chi connectivity index (χ0n) is 19.0. The van der Waals surface area contributed by atoms with E-state index in [2.05, 4.69) is 27.6 Å². The second-order valence-corrected chi connectivity index (χ2v) is 10.7. The first kappa shape index (κ1) is 22.3. The Kier molecular flexibility index (Phi) is 6.40. The first-order valence-corrected chi connectivity index (χ1v) is 12.6. The molecule has 0 heterocycles. The summed E-state index contributed by atoms with van der Waals surface area (Å²) in [5.41, 5.74) is 7.85. The van der Waals surface area contributed by atoms with Crippen molar-refractivity contribution in [1.29, 1.82) is 0 Å². The zero-order valence-corrected chi connectivity index (χ0v) is 19.8. The number of hydrogen-bond donors (Lipinski definition) is 2. The van der Waals surface area contributed by atoms with Gasteiger partial charge in [0.15, 0.2) is 0 Å². The van der Waals surface area contributed by atoms with Crippen molar-refractivity contribution >= 4 is 15.6 Å². The number of methoxy groups -OCH3 is 1. The highest BCUT2D eigenvalue weighted by molar-refractivity contribution is 7.91. The van der Waals surface area contributed by atoms with Crippen LogP contribution in [-0.4, -0.2) is 36.7 Å². The van der Waals surface area contributed by atoms with Crippen molar-refractivity contribution in [1.82, 2.24) is 4.90 Å². The van der Waals surface area contributed by atoms with Crippen molar-refractivity contribution in [3.8, 4) is 0 Å². The Bertz CT molecular complexity index is 1040. The third kappa shape index (κ3) is 4.51. The SMILES string of the molecule is COC(N=S(N)(=O)c1ccc(C(C)N(C)C)cc1)Nc1c2c(cc3c1CCC3)CCC2. The number of aryl methyl sites for hydroxylation is 2. The van der Waals surface area contributed by atoms with Gasteiger partial charge in [0.2, 0.25) is 6.35 Å². The summed E-state index contributed by atoms with van der Waals surface area (Å²) in [7, 11) is 2.53. The van der Waals surface area contributed by atoms with E-state index >= 15 is 0 Å². The van der Waals surface area contributed by atoms with Crippen molar-refractivity contribution < 1.29 is 8.95 Å². The summed E-state index contributed by atoms with van der Waals surface area (Å²) in [6.45, 7) is 2.13. The van der Waals surface area contributed by atoms with Crippen molar-refractivity contribution in [2.45, 2.75) is 62.7 Å². The topological polar surface area (TPSA) is 80.0 Å². The molecule has 2 aromatic rings. The van der Waals surface area contributed by atoms with Crippen LogP contribution in [0.5, 0.6) is 0 Å². The average Bonchev–Trinajstić information content (AvgIpc) is 3.41. The van der Waals surface area contributed by atoms with Crippen molar-refractivity contribution in [2.75, 3.05) is 26.5 Å². The Morgan fingerprint density at radius 3 is 2.16 bits per heavy atom. The van der Waals surface area contributed by atoms with Crippen LogP contribution in [0.1, 0.15) is 53.6 Å². The Labute approximate surface area is 186 Å². The van der Waals surface area contributed by atoms with E-state index in [-0.39, 0.29) is 6.04 Å². The van der Waals surface area contributed by atoms with E-state index in [1.165, 1.54) is 35.1 Å². The van der Waals surface area contributed by atoms with Crippen molar-refractivity contribution in [2.24, 2.45) is 9.50 Å². The van der Waals surface area contributed by atoms with E-state index < -0.39 is 16.3 Å². The molecule has 6 nitrogen and oxygen atoms in total. The van der Waals surface area contributed by atoms with Crippen LogP contribution < -0.4 is 10.5 Å². The monoisotopic (exact) mass is 442 g/mol. The van der Waals surface area contributed by atoms with Gasteiger partial charge in [0.05, 0.1) is 4.90 Å². The molecule has 0 aliphatic heterocycles. The van der Waals surface area contributed by atoms with E-state index in [1.807, 2.05) is 38.4 Å². The molecular formula is C24H34N4O2S. The smallest absolute Gasteiger partial charge is 0.235 e. The average molecular weight is 443 g/mol. The molecule has 0 saturated heterocycles. The predicted molar refractivity (Wildman–Crippen MR) is 126 cm³/mol. The highest BCUT2D eigenvalue weighted by Crippen LogP contribution is 2.39. The molecule has 3 N–H and O–H groups in total. The van der Waals surface area contributed by atoms with Gasteiger partial charge in [0.1, 0.15) is 9.92 Å². The Balaban J connectivity index is 1.63. The predicted octanol–water partition coefficient (Wildman–Crippen LogP) is 4.03. The fourth-order valence-electron chi connectivity index (χ4n) is 4.68. The fraction of sp³-hybridized carbons (Fsp3) is 0.500. The molecule has 0 amide bonds. The normalized spacial score (nSPS) is 18.9. The Morgan fingerprint density at radius 1 is 1.06 bits per heavy atom. The van der Waals surface area contributed by atoms with Crippen LogP contribution >= 0.6 is 0 Å². The van der Waals surface area contributed by atoms with Gasteiger partial charge in [-0.3, -0.25) is 0 Å². The number of nitrogens with one attached hydrogen (secondary N) is 1. The van der Waals surface area contributed by atoms with Gasteiger partial charge in [0.25, 0.3) is 0 Å². The van der Waals surface area contributed by atoms with Crippen LogP contribution in [0, 0.1) is 0 Å². The van der Waals surface area contributed by atoms with Crippen LogP contribution in [0.3, 0.4) is 0 Å². The minimum absolute atomic E-state index is 0.260. The molecule has 0 aromatic heterocycles. The molecule has 0 saturated carbocycles. The molecule has 4 rings (SSSR count). The molecular weight excluding hydrogens is 408 g/mol. The van der Waals surface area contributed by atoms with Crippen molar-refractivity contribution in [3.05, 3.63) is 58.1 Å². The minimum Gasteiger partial charge on any atom is -0.342 e. The second kappa shape index (κ2) is 8.90. The number of nitrogens with two attached hydrogens (primary N) is 1. The Hall–Kier alpha value is -1.93. The van der Waals surface area contributed by atoms with Gasteiger partial charge in [-0.25, -0.2) is 9.35 Å². The molecule has 31 heavy (non-hydrogen) atoms. The molecule has 7 heteroatoms. The van der Waals surface area contributed by atoms with Gasteiger partial charge in [-0.15, -0.1) is 0 Å². The number of rotatable bonds is 7. The second-order valence-electron chi connectivity index (χ2n) is 8.85. The third-order valence-corrected chi connectivity index (χ3v) is 8.14. The summed E-state index contributed by atoms with van der Waals surface area (Å²) in [5.74, 6) is 0. The highest BCUT2D eigenvalue weighted by atomic mass is 32.2. The molecule has 3 atom stereocenters. The number of benzene rings is 2. The van der Waals surface area contributed by atoms with Crippen LogP contribution in [0.15, 0.2) is 39.6 Å². The van der Waals surface area contributed by atoms with Gasteiger partial charge in [-0.2, -0.15) is 4.36 Å². The van der Waals surface area contributed by atoms with Gasteiger partial charge >= 0.3 is 0 Å². The number of anilines is 1. The maximum absolute atomic E-state index is 13.3. The molecule has 2 aliphatic rings. The maximum atomic E-state index is 13.3. The first-order chi connectivity index (χ1) is 14.8.